The number of methoxy groups -OCH3 is 1. The first-order valence-corrected chi connectivity index (χ1v) is 5.56. The van der Waals surface area contributed by atoms with Gasteiger partial charge in [-0.25, -0.2) is 0 Å². The second kappa shape index (κ2) is 5.53. The third kappa shape index (κ3) is 3.46. The molecule has 6 heteroatoms. The van der Waals surface area contributed by atoms with Gasteiger partial charge in [-0.2, -0.15) is 13.2 Å². The van der Waals surface area contributed by atoms with Crippen LogP contribution in [0.25, 0.3) is 0 Å². The average molecular weight is 311 g/mol. The summed E-state index contributed by atoms with van der Waals surface area (Å²) in [5.41, 5.74) is -0.219. The number of ether oxygens (including phenoxy) is 1. The molecule has 0 atom stereocenters. The van der Waals surface area contributed by atoms with E-state index in [1.54, 1.807) is 0 Å². The quantitative estimate of drug-likeness (QED) is 0.794. The molecule has 0 saturated carbocycles. The van der Waals surface area contributed by atoms with E-state index in [2.05, 4.69) is 15.9 Å². The van der Waals surface area contributed by atoms with Crippen LogP contribution in [0.15, 0.2) is 16.6 Å². The molecule has 1 rings (SSSR count). The Kier molecular flexibility index (Phi) is 4.56. The molecular formula is C11H10BrF3O2. The minimum Gasteiger partial charge on any atom is -0.496 e. The number of aldehydes is 1. The van der Waals surface area contributed by atoms with Crippen LogP contribution in [-0.4, -0.2) is 13.4 Å². The first kappa shape index (κ1) is 14.0. The van der Waals surface area contributed by atoms with E-state index in [1.165, 1.54) is 7.11 Å². The number of rotatable bonds is 4. The fourth-order valence-corrected chi connectivity index (χ4v) is 2.04. The van der Waals surface area contributed by atoms with E-state index in [4.69, 9.17) is 4.74 Å². The predicted molar refractivity (Wildman–Crippen MR) is 60.1 cm³/mol. The lowest BCUT2D eigenvalue weighted by Crippen LogP contribution is -2.07. The molecule has 0 fully saturated rings. The van der Waals surface area contributed by atoms with Crippen molar-refractivity contribution >= 4 is 22.2 Å². The molecule has 0 aliphatic rings. The molecule has 1 aromatic carbocycles. The van der Waals surface area contributed by atoms with Crippen molar-refractivity contribution in [3.05, 3.63) is 27.7 Å². The van der Waals surface area contributed by atoms with Crippen molar-refractivity contribution < 1.29 is 22.7 Å². The summed E-state index contributed by atoms with van der Waals surface area (Å²) in [5.74, 6) is 0.133. The highest BCUT2D eigenvalue weighted by molar-refractivity contribution is 9.10. The molecule has 0 aromatic heterocycles. The van der Waals surface area contributed by atoms with Crippen LogP contribution in [-0.2, 0) is 17.4 Å². The highest BCUT2D eigenvalue weighted by Gasteiger charge is 2.32. The number of carbonyl (C=O) groups excluding carboxylic acids is 1. The Bertz CT molecular complexity index is 416. The summed E-state index contributed by atoms with van der Waals surface area (Å²) in [4.78, 5) is 10.3. The third-order valence-electron chi connectivity index (χ3n) is 2.21. The molecule has 0 bridgehead atoms. The fourth-order valence-electron chi connectivity index (χ4n) is 1.40. The topological polar surface area (TPSA) is 26.3 Å². The van der Waals surface area contributed by atoms with Gasteiger partial charge in [0.1, 0.15) is 12.0 Å². The van der Waals surface area contributed by atoms with Gasteiger partial charge in [-0.05, 0) is 18.6 Å². The molecule has 0 aliphatic carbocycles. The van der Waals surface area contributed by atoms with Crippen LogP contribution in [0, 0.1) is 0 Å². The van der Waals surface area contributed by atoms with Gasteiger partial charge in [0.05, 0.1) is 12.7 Å². The van der Waals surface area contributed by atoms with E-state index in [9.17, 15) is 18.0 Å². The number of carbonyl (C=O) groups is 1. The second-order valence-electron chi connectivity index (χ2n) is 3.34. The molecule has 0 radical (unpaired) electrons. The van der Waals surface area contributed by atoms with Crippen molar-refractivity contribution in [3.8, 4) is 5.75 Å². The minimum absolute atomic E-state index is 0.133. The van der Waals surface area contributed by atoms with Crippen LogP contribution in [0.5, 0.6) is 5.75 Å². The molecule has 0 spiro atoms. The molecule has 0 heterocycles. The van der Waals surface area contributed by atoms with Gasteiger partial charge in [0.2, 0.25) is 0 Å². The molecular weight excluding hydrogens is 301 g/mol. The lowest BCUT2D eigenvalue weighted by atomic mass is 10.1. The standard InChI is InChI=1S/C11H10BrF3O2/c1-17-10-6-7(11(13,14)15)5-9(12)8(10)3-2-4-16/h4-6H,2-3H2,1H3. The van der Waals surface area contributed by atoms with Crippen molar-refractivity contribution in [2.45, 2.75) is 19.0 Å². The number of hydrogen-bond acceptors (Lipinski definition) is 2. The van der Waals surface area contributed by atoms with Crippen molar-refractivity contribution in [2.75, 3.05) is 7.11 Å². The molecule has 17 heavy (non-hydrogen) atoms. The van der Waals surface area contributed by atoms with Gasteiger partial charge in [0, 0.05) is 16.5 Å². The van der Waals surface area contributed by atoms with Crippen LogP contribution in [0.1, 0.15) is 17.5 Å². The molecule has 0 unspecified atom stereocenters. The van der Waals surface area contributed by atoms with Gasteiger partial charge in [-0.15, -0.1) is 0 Å². The van der Waals surface area contributed by atoms with E-state index in [1.807, 2.05) is 0 Å². The molecule has 0 amide bonds. The fraction of sp³-hybridized carbons (Fsp3) is 0.364. The highest BCUT2D eigenvalue weighted by atomic mass is 79.9. The van der Waals surface area contributed by atoms with Crippen LogP contribution in [0.2, 0.25) is 0 Å². The van der Waals surface area contributed by atoms with Gasteiger partial charge in [-0.1, -0.05) is 15.9 Å². The Labute approximate surface area is 105 Å². The minimum atomic E-state index is -4.42. The number of benzene rings is 1. The van der Waals surface area contributed by atoms with Crippen molar-refractivity contribution in [1.82, 2.24) is 0 Å². The van der Waals surface area contributed by atoms with E-state index >= 15 is 0 Å². The lowest BCUT2D eigenvalue weighted by molar-refractivity contribution is -0.137. The summed E-state index contributed by atoms with van der Waals surface area (Å²) in [6, 6.07) is 1.92. The lowest BCUT2D eigenvalue weighted by Gasteiger charge is -2.14. The Morgan fingerprint density at radius 1 is 1.41 bits per heavy atom. The monoisotopic (exact) mass is 310 g/mol. The maximum absolute atomic E-state index is 12.5. The zero-order valence-electron chi connectivity index (χ0n) is 8.97. The molecule has 0 N–H and O–H groups in total. The van der Waals surface area contributed by atoms with Gasteiger partial charge >= 0.3 is 6.18 Å². The first-order valence-electron chi connectivity index (χ1n) is 4.77. The van der Waals surface area contributed by atoms with Crippen LogP contribution < -0.4 is 4.74 Å². The molecule has 94 valence electrons. The summed E-state index contributed by atoms with van der Waals surface area (Å²) in [6.07, 6.45) is -3.13. The zero-order valence-corrected chi connectivity index (χ0v) is 10.6. The Hall–Kier alpha value is -1.04. The average Bonchev–Trinajstić information content (AvgIpc) is 2.25. The molecule has 0 aliphatic heterocycles. The van der Waals surface area contributed by atoms with E-state index in [-0.39, 0.29) is 12.2 Å². The Morgan fingerprint density at radius 3 is 2.53 bits per heavy atom. The van der Waals surface area contributed by atoms with Crippen molar-refractivity contribution in [3.63, 3.8) is 0 Å². The second-order valence-corrected chi connectivity index (χ2v) is 4.20. The van der Waals surface area contributed by atoms with Crippen LogP contribution >= 0.6 is 15.9 Å². The van der Waals surface area contributed by atoms with Gasteiger partial charge in [-0.3, -0.25) is 0 Å². The summed E-state index contributed by atoms with van der Waals surface area (Å²) in [5, 5.41) is 0. The Balaban J connectivity index is 3.20. The number of alkyl halides is 3. The van der Waals surface area contributed by atoms with Gasteiger partial charge in [0.25, 0.3) is 0 Å². The third-order valence-corrected chi connectivity index (χ3v) is 2.92. The predicted octanol–water partition coefficient (Wildman–Crippen LogP) is 3.61. The SMILES string of the molecule is COc1cc(C(F)(F)F)cc(Br)c1CCC=O. The molecule has 1 aromatic rings. The first-order chi connectivity index (χ1) is 7.90. The smallest absolute Gasteiger partial charge is 0.416 e. The largest absolute Gasteiger partial charge is 0.496 e. The van der Waals surface area contributed by atoms with Crippen molar-refractivity contribution in [1.29, 1.82) is 0 Å². The van der Waals surface area contributed by atoms with Crippen LogP contribution in [0.3, 0.4) is 0 Å². The highest BCUT2D eigenvalue weighted by Crippen LogP contribution is 2.37. The van der Waals surface area contributed by atoms with Gasteiger partial charge in [0.15, 0.2) is 0 Å². The maximum atomic E-state index is 12.5. The molecule has 0 saturated heterocycles. The Morgan fingerprint density at radius 2 is 2.06 bits per heavy atom. The van der Waals surface area contributed by atoms with Gasteiger partial charge < -0.3 is 9.53 Å². The zero-order chi connectivity index (χ0) is 13.1. The summed E-state index contributed by atoms with van der Waals surface area (Å²) in [6.45, 7) is 0. The van der Waals surface area contributed by atoms with Crippen LogP contribution in [0.4, 0.5) is 13.2 Å². The summed E-state index contributed by atoms with van der Waals surface area (Å²) in [7, 11) is 1.30. The van der Waals surface area contributed by atoms with E-state index < -0.39 is 11.7 Å². The number of halogens is 4. The normalized spacial score (nSPS) is 11.4. The maximum Gasteiger partial charge on any atom is 0.416 e. The molecule has 2 nitrogen and oxygen atoms in total. The summed E-state index contributed by atoms with van der Waals surface area (Å²) >= 11 is 3.07. The summed E-state index contributed by atoms with van der Waals surface area (Å²) < 4.78 is 42.8. The number of hydrogen-bond donors (Lipinski definition) is 0. The van der Waals surface area contributed by atoms with E-state index in [0.29, 0.717) is 22.7 Å². The van der Waals surface area contributed by atoms with Crippen molar-refractivity contribution in [2.24, 2.45) is 0 Å². The van der Waals surface area contributed by atoms with E-state index in [0.717, 1.165) is 12.1 Å².